The molecular formula is C34H36N2O3. The lowest BCUT2D eigenvalue weighted by Gasteiger charge is -2.35. The van der Waals surface area contributed by atoms with Crippen molar-refractivity contribution in [2.75, 3.05) is 17.3 Å². The number of ether oxygens (including phenoxy) is 1. The number of hydrogen-bond acceptors (Lipinski definition) is 4. The number of fused-ring (bicyclic) bond motifs is 1. The molecule has 0 aromatic heterocycles. The summed E-state index contributed by atoms with van der Waals surface area (Å²) in [6.45, 7) is 6.59. The second-order valence-electron chi connectivity index (χ2n) is 12.1. The van der Waals surface area contributed by atoms with Crippen LogP contribution in [0.25, 0.3) is 0 Å². The average Bonchev–Trinajstić information content (AvgIpc) is 3.79. The van der Waals surface area contributed by atoms with E-state index in [2.05, 4.69) is 62.5 Å². The van der Waals surface area contributed by atoms with E-state index in [-0.39, 0.29) is 28.9 Å². The molecule has 0 unspecified atom stereocenters. The van der Waals surface area contributed by atoms with E-state index >= 15 is 0 Å². The minimum Gasteiger partial charge on any atom is -0.497 e. The van der Waals surface area contributed by atoms with Gasteiger partial charge >= 0.3 is 0 Å². The molecule has 5 nitrogen and oxygen atoms in total. The third kappa shape index (κ3) is 4.75. The van der Waals surface area contributed by atoms with Crippen molar-refractivity contribution < 1.29 is 14.3 Å². The summed E-state index contributed by atoms with van der Waals surface area (Å²) in [5.41, 5.74) is 6.66. The smallest absolute Gasteiger partial charge is 0.231 e. The quantitative estimate of drug-likeness (QED) is 0.392. The molecule has 3 aromatic rings. The summed E-state index contributed by atoms with van der Waals surface area (Å²) in [5, 5.41) is 3.63. The van der Waals surface area contributed by atoms with Gasteiger partial charge in [0.1, 0.15) is 5.75 Å². The molecule has 0 bridgehead atoms. The number of para-hydroxylation sites is 2. The first-order valence-electron chi connectivity index (χ1n) is 13.9. The van der Waals surface area contributed by atoms with Gasteiger partial charge in [0.15, 0.2) is 5.78 Å². The van der Waals surface area contributed by atoms with Crippen LogP contribution in [0, 0.1) is 5.92 Å². The predicted octanol–water partition coefficient (Wildman–Crippen LogP) is 7.30. The first kappa shape index (κ1) is 25.4. The molecule has 1 N–H and O–H groups in total. The first-order valence-corrected chi connectivity index (χ1v) is 13.9. The van der Waals surface area contributed by atoms with E-state index in [1.54, 1.807) is 7.11 Å². The number of carbonyl (C=O) groups excluding carboxylic acids is 2. The number of ketones is 1. The van der Waals surface area contributed by atoms with Crippen LogP contribution in [0.5, 0.6) is 5.75 Å². The van der Waals surface area contributed by atoms with Crippen LogP contribution in [0.4, 0.5) is 11.4 Å². The van der Waals surface area contributed by atoms with Gasteiger partial charge in [-0.2, -0.15) is 0 Å². The second kappa shape index (κ2) is 9.71. The van der Waals surface area contributed by atoms with Crippen LogP contribution in [-0.4, -0.2) is 18.8 Å². The highest BCUT2D eigenvalue weighted by molar-refractivity contribution is 6.07. The van der Waals surface area contributed by atoms with Crippen LogP contribution in [0.1, 0.15) is 75.1 Å². The van der Waals surface area contributed by atoms with E-state index in [9.17, 15) is 9.59 Å². The highest BCUT2D eigenvalue weighted by atomic mass is 16.5. The molecule has 3 aliphatic rings. The summed E-state index contributed by atoms with van der Waals surface area (Å²) < 4.78 is 5.34. The standard InChI is InChI=1S/C34H36N2O3/c1-34(2,3)25-15-11-22(12-16-25)32-31-28(19-24(20-30(31)37)21-13-17-26(39-4)18-14-21)35-27-7-5-6-8-29(27)36(32)33(38)23-9-10-23/h5-8,11-18,23-24,32,35H,9-10,19-20H2,1-4H3/t24-,32+/m0/s1. The van der Waals surface area contributed by atoms with E-state index < -0.39 is 6.04 Å². The Labute approximate surface area is 230 Å². The molecule has 1 amide bonds. The number of benzene rings is 3. The van der Waals surface area contributed by atoms with Gasteiger partial charge in [0.25, 0.3) is 0 Å². The third-order valence-corrected chi connectivity index (χ3v) is 8.33. The second-order valence-corrected chi connectivity index (χ2v) is 12.1. The fourth-order valence-electron chi connectivity index (χ4n) is 5.95. The molecule has 5 heteroatoms. The lowest BCUT2D eigenvalue weighted by Crippen LogP contribution is -2.39. The molecule has 0 radical (unpaired) electrons. The van der Waals surface area contributed by atoms with Crippen molar-refractivity contribution in [3.8, 4) is 5.75 Å². The molecule has 1 aliphatic heterocycles. The van der Waals surface area contributed by atoms with Crippen molar-refractivity contribution in [3.05, 3.63) is 101 Å². The molecule has 0 saturated heterocycles. The largest absolute Gasteiger partial charge is 0.497 e. The minimum absolute atomic E-state index is 0.0102. The van der Waals surface area contributed by atoms with Gasteiger partial charge in [-0.15, -0.1) is 0 Å². The lowest BCUT2D eigenvalue weighted by molar-refractivity contribution is -0.120. The zero-order chi connectivity index (χ0) is 27.3. The van der Waals surface area contributed by atoms with Crippen molar-refractivity contribution in [2.24, 2.45) is 5.92 Å². The third-order valence-electron chi connectivity index (χ3n) is 8.33. The Morgan fingerprint density at radius 2 is 1.56 bits per heavy atom. The van der Waals surface area contributed by atoms with Crippen LogP contribution in [0.2, 0.25) is 0 Å². The number of carbonyl (C=O) groups is 2. The SMILES string of the molecule is COc1ccc([C@@H]2CC(=O)C3=C(C2)Nc2ccccc2N(C(=O)C2CC2)[C@@H]3c2ccc(C(C)(C)C)cc2)cc1. The Morgan fingerprint density at radius 3 is 2.21 bits per heavy atom. The highest BCUT2D eigenvalue weighted by Crippen LogP contribution is 2.49. The number of Topliss-reactive ketones (excluding diaryl/α,β-unsaturated/α-hetero) is 1. The molecule has 200 valence electrons. The molecule has 0 spiro atoms. The van der Waals surface area contributed by atoms with Crippen LogP contribution in [0.3, 0.4) is 0 Å². The Morgan fingerprint density at radius 1 is 0.897 bits per heavy atom. The Kier molecular flexibility index (Phi) is 6.33. The van der Waals surface area contributed by atoms with Crippen molar-refractivity contribution in [1.82, 2.24) is 0 Å². The number of allylic oxidation sites excluding steroid dienone is 1. The molecule has 1 saturated carbocycles. The van der Waals surface area contributed by atoms with E-state index in [1.165, 1.54) is 5.56 Å². The molecule has 39 heavy (non-hydrogen) atoms. The summed E-state index contributed by atoms with van der Waals surface area (Å²) in [7, 11) is 1.66. The van der Waals surface area contributed by atoms with Crippen molar-refractivity contribution >= 4 is 23.1 Å². The van der Waals surface area contributed by atoms with E-state index in [4.69, 9.17) is 4.74 Å². The predicted molar refractivity (Wildman–Crippen MR) is 155 cm³/mol. The summed E-state index contributed by atoms with van der Waals surface area (Å²) in [5.74, 6) is 1.07. The number of anilines is 2. The van der Waals surface area contributed by atoms with E-state index in [0.29, 0.717) is 18.4 Å². The van der Waals surface area contributed by atoms with Gasteiger partial charge in [0, 0.05) is 23.6 Å². The maximum Gasteiger partial charge on any atom is 0.231 e. The van der Waals surface area contributed by atoms with E-state index in [1.807, 2.05) is 41.3 Å². The van der Waals surface area contributed by atoms with Crippen molar-refractivity contribution in [3.63, 3.8) is 0 Å². The van der Waals surface area contributed by atoms with Gasteiger partial charge in [0.2, 0.25) is 5.91 Å². The van der Waals surface area contributed by atoms with Crippen LogP contribution in [-0.2, 0) is 15.0 Å². The fraction of sp³-hybridized carbons (Fsp3) is 0.353. The summed E-state index contributed by atoms with van der Waals surface area (Å²) in [6.07, 6.45) is 2.91. The maximum atomic E-state index is 14.1. The number of methoxy groups -OCH3 is 1. The van der Waals surface area contributed by atoms with Gasteiger partial charge in [0.05, 0.1) is 24.5 Å². The van der Waals surface area contributed by atoms with Gasteiger partial charge in [-0.25, -0.2) is 0 Å². The van der Waals surface area contributed by atoms with Gasteiger partial charge < -0.3 is 10.1 Å². The fourth-order valence-corrected chi connectivity index (χ4v) is 5.95. The number of rotatable bonds is 4. The molecule has 3 aromatic carbocycles. The minimum atomic E-state index is -0.470. The summed E-state index contributed by atoms with van der Waals surface area (Å²) in [4.78, 5) is 30.0. The van der Waals surface area contributed by atoms with E-state index in [0.717, 1.165) is 46.8 Å². The monoisotopic (exact) mass is 520 g/mol. The topological polar surface area (TPSA) is 58.6 Å². The Bertz CT molecular complexity index is 1440. The normalized spacial score (nSPS) is 21.0. The Balaban J connectivity index is 1.50. The number of nitrogens with zero attached hydrogens (tertiary/aromatic N) is 1. The van der Waals surface area contributed by atoms with Gasteiger partial charge in [-0.1, -0.05) is 69.3 Å². The molecule has 1 heterocycles. The maximum absolute atomic E-state index is 14.1. The molecule has 2 aliphatic carbocycles. The lowest BCUT2D eigenvalue weighted by atomic mass is 9.77. The van der Waals surface area contributed by atoms with Crippen LogP contribution in [0.15, 0.2) is 84.1 Å². The van der Waals surface area contributed by atoms with Crippen LogP contribution < -0.4 is 15.0 Å². The average molecular weight is 521 g/mol. The first-order chi connectivity index (χ1) is 18.7. The highest BCUT2D eigenvalue weighted by Gasteiger charge is 2.45. The summed E-state index contributed by atoms with van der Waals surface area (Å²) in [6, 6.07) is 24.0. The van der Waals surface area contributed by atoms with Gasteiger partial charge in [-0.05, 0) is 71.6 Å². The molecule has 1 fully saturated rings. The zero-order valence-electron chi connectivity index (χ0n) is 23.2. The molecular weight excluding hydrogens is 484 g/mol. The molecule has 2 atom stereocenters. The van der Waals surface area contributed by atoms with Gasteiger partial charge in [-0.3, -0.25) is 14.5 Å². The summed E-state index contributed by atoms with van der Waals surface area (Å²) >= 11 is 0. The Hall–Kier alpha value is -3.86. The number of amides is 1. The number of nitrogens with one attached hydrogen (secondary N) is 1. The molecule has 6 rings (SSSR count). The van der Waals surface area contributed by atoms with Crippen LogP contribution >= 0.6 is 0 Å². The van der Waals surface area contributed by atoms with Crippen molar-refractivity contribution in [2.45, 2.75) is 63.8 Å². The number of hydrogen-bond donors (Lipinski definition) is 1. The zero-order valence-corrected chi connectivity index (χ0v) is 23.2. The van der Waals surface area contributed by atoms with Crippen molar-refractivity contribution in [1.29, 1.82) is 0 Å².